The van der Waals surface area contributed by atoms with Crippen molar-refractivity contribution < 1.29 is 14.9 Å². The number of hydrogen-bond donors (Lipinski definition) is 2. The van der Waals surface area contributed by atoms with E-state index in [4.69, 9.17) is 4.74 Å². The van der Waals surface area contributed by atoms with Gasteiger partial charge in [0.2, 0.25) is 0 Å². The Kier molecular flexibility index (Phi) is 7.44. The van der Waals surface area contributed by atoms with Crippen molar-refractivity contribution in [2.45, 2.75) is 27.7 Å². The Bertz CT molecular complexity index is 778. The summed E-state index contributed by atoms with van der Waals surface area (Å²) in [5, 5.41) is 20.7. The Balaban J connectivity index is 0.000000465. The van der Waals surface area contributed by atoms with Crippen LogP contribution in [-0.4, -0.2) is 23.4 Å². The molecule has 3 heteroatoms. The van der Waals surface area contributed by atoms with Crippen molar-refractivity contribution in [3.63, 3.8) is 0 Å². The minimum absolute atomic E-state index is 0.164. The van der Waals surface area contributed by atoms with Crippen LogP contribution in [0.3, 0.4) is 0 Å². The largest absolute Gasteiger partial charge is 0.507 e. The van der Waals surface area contributed by atoms with Gasteiger partial charge in [-0.2, -0.15) is 0 Å². The fourth-order valence-electron chi connectivity index (χ4n) is 2.81. The third-order valence-electron chi connectivity index (χ3n) is 4.25. The molecular weight excluding hydrogens is 336 g/mol. The number of phenols is 2. The Hall–Kier alpha value is -2.78. The molecule has 3 nitrogen and oxygen atoms in total. The number of phenolic OH excluding ortho intramolecular Hbond substituents is 2. The first-order chi connectivity index (χ1) is 13.0. The zero-order valence-electron chi connectivity index (χ0n) is 16.5. The molecule has 0 heterocycles. The van der Waals surface area contributed by atoms with E-state index in [1.807, 2.05) is 76.2 Å². The number of rotatable bonds is 4. The highest BCUT2D eigenvalue weighted by Crippen LogP contribution is 2.43. The molecule has 3 rings (SSSR count). The van der Waals surface area contributed by atoms with E-state index in [1.54, 1.807) is 0 Å². The predicted octanol–water partition coefficient (Wildman–Crippen LogP) is 6.09. The maximum Gasteiger partial charge on any atom is 0.124 e. The fourth-order valence-corrected chi connectivity index (χ4v) is 2.81. The minimum atomic E-state index is 0.164. The topological polar surface area (TPSA) is 49.7 Å². The van der Waals surface area contributed by atoms with Crippen LogP contribution in [0.25, 0.3) is 22.3 Å². The molecule has 0 saturated carbocycles. The average molecular weight is 364 g/mol. The minimum Gasteiger partial charge on any atom is -0.507 e. The van der Waals surface area contributed by atoms with Gasteiger partial charge in [-0.1, -0.05) is 59.7 Å². The SMILES string of the molecule is CCOCC.Cc1ccc(-c2c(O)ccc(O)c2-c2ccc(C)cc2)cc1. The van der Waals surface area contributed by atoms with Crippen molar-refractivity contribution >= 4 is 0 Å². The van der Waals surface area contributed by atoms with Gasteiger partial charge in [0.25, 0.3) is 0 Å². The molecule has 0 aliphatic carbocycles. The maximum absolute atomic E-state index is 10.3. The van der Waals surface area contributed by atoms with Crippen molar-refractivity contribution in [3.8, 4) is 33.8 Å². The highest BCUT2D eigenvalue weighted by Gasteiger charge is 2.16. The van der Waals surface area contributed by atoms with Gasteiger partial charge < -0.3 is 14.9 Å². The lowest BCUT2D eigenvalue weighted by Gasteiger charge is -2.14. The monoisotopic (exact) mass is 364 g/mol. The quantitative estimate of drug-likeness (QED) is 0.551. The lowest BCUT2D eigenvalue weighted by Crippen LogP contribution is -1.88. The summed E-state index contributed by atoms with van der Waals surface area (Å²) in [6.45, 7) is 9.71. The number of aromatic hydroxyl groups is 2. The van der Waals surface area contributed by atoms with Gasteiger partial charge in [0, 0.05) is 24.3 Å². The van der Waals surface area contributed by atoms with Gasteiger partial charge >= 0.3 is 0 Å². The molecule has 0 fully saturated rings. The van der Waals surface area contributed by atoms with E-state index in [9.17, 15) is 10.2 Å². The number of benzene rings is 3. The first kappa shape index (κ1) is 20.5. The molecule has 142 valence electrons. The second kappa shape index (κ2) is 9.79. The highest BCUT2D eigenvalue weighted by molar-refractivity contribution is 5.91. The van der Waals surface area contributed by atoms with Crippen LogP contribution in [0.4, 0.5) is 0 Å². The lowest BCUT2D eigenvalue weighted by atomic mass is 9.92. The van der Waals surface area contributed by atoms with Crippen molar-refractivity contribution in [1.29, 1.82) is 0 Å². The van der Waals surface area contributed by atoms with Gasteiger partial charge in [-0.25, -0.2) is 0 Å². The van der Waals surface area contributed by atoms with Crippen molar-refractivity contribution in [3.05, 3.63) is 71.8 Å². The van der Waals surface area contributed by atoms with Crippen LogP contribution < -0.4 is 0 Å². The molecule has 3 aromatic carbocycles. The highest BCUT2D eigenvalue weighted by atomic mass is 16.5. The van der Waals surface area contributed by atoms with Crippen LogP contribution in [0.1, 0.15) is 25.0 Å². The smallest absolute Gasteiger partial charge is 0.124 e. The number of hydrogen-bond acceptors (Lipinski definition) is 3. The van der Waals surface area contributed by atoms with Crippen molar-refractivity contribution in [1.82, 2.24) is 0 Å². The molecule has 27 heavy (non-hydrogen) atoms. The first-order valence-electron chi connectivity index (χ1n) is 9.24. The van der Waals surface area contributed by atoms with Crippen LogP contribution in [0.2, 0.25) is 0 Å². The Morgan fingerprint density at radius 1 is 0.593 bits per heavy atom. The Morgan fingerprint density at radius 3 is 1.19 bits per heavy atom. The summed E-state index contributed by atoms with van der Waals surface area (Å²) in [6, 6.07) is 18.9. The molecule has 0 aliphatic heterocycles. The maximum atomic E-state index is 10.3. The molecule has 0 aromatic heterocycles. The van der Waals surface area contributed by atoms with Gasteiger partial charge in [-0.15, -0.1) is 0 Å². The standard InChI is InChI=1S/C20H18O2.C4H10O/c1-13-3-7-15(8-4-13)19-17(21)11-12-18(22)20(19)16-9-5-14(2)6-10-16;1-3-5-4-2/h3-12,21-22H,1-2H3;3-4H2,1-2H3. The van der Waals surface area contributed by atoms with E-state index >= 15 is 0 Å². The third-order valence-corrected chi connectivity index (χ3v) is 4.25. The number of aryl methyl sites for hydroxylation is 2. The molecule has 0 amide bonds. The van der Waals surface area contributed by atoms with E-state index in [1.165, 1.54) is 12.1 Å². The normalized spacial score (nSPS) is 10.2. The van der Waals surface area contributed by atoms with Gasteiger partial charge in [0.15, 0.2) is 0 Å². The van der Waals surface area contributed by atoms with E-state index in [2.05, 4.69) is 0 Å². The van der Waals surface area contributed by atoms with Crippen LogP contribution in [0.15, 0.2) is 60.7 Å². The summed E-state index contributed by atoms with van der Waals surface area (Å²) in [5.74, 6) is 0.328. The average Bonchev–Trinajstić information content (AvgIpc) is 2.66. The van der Waals surface area contributed by atoms with Crippen LogP contribution >= 0.6 is 0 Å². The molecule has 0 bridgehead atoms. The summed E-state index contributed by atoms with van der Waals surface area (Å²) in [5.41, 5.74) is 5.39. The molecule has 0 atom stereocenters. The molecule has 0 aliphatic rings. The molecule has 0 spiro atoms. The van der Waals surface area contributed by atoms with Gasteiger partial charge in [0.05, 0.1) is 0 Å². The van der Waals surface area contributed by atoms with E-state index in [0.29, 0.717) is 11.1 Å². The van der Waals surface area contributed by atoms with Crippen LogP contribution in [0, 0.1) is 13.8 Å². The summed E-state index contributed by atoms with van der Waals surface area (Å²) in [4.78, 5) is 0. The fraction of sp³-hybridized carbons (Fsp3) is 0.250. The zero-order chi connectivity index (χ0) is 19.8. The van der Waals surface area contributed by atoms with Gasteiger partial charge in [0.1, 0.15) is 11.5 Å². The summed E-state index contributed by atoms with van der Waals surface area (Å²) in [6.07, 6.45) is 0. The molecule has 0 radical (unpaired) electrons. The second-order valence-corrected chi connectivity index (χ2v) is 6.37. The zero-order valence-corrected chi connectivity index (χ0v) is 16.5. The summed E-state index contributed by atoms with van der Waals surface area (Å²) < 4.78 is 4.83. The van der Waals surface area contributed by atoms with Gasteiger partial charge in [-0.05, 0) is 51.0 Å². The van der Waals surface area contributed by atoms with Gasteiger partial charge in [-0.3, -0.25) is 0 Å². The third kappa shape index (κ3) is 5.35. The molecule has 0 unspecified atom stereocenters. The first-order valence-corrected chi connectivity index (χ1v) is 9.24. The van der Waals surface area contributed by atoms with E-state index in [-0.39, 0.29) is 11.5 Å². The van der Waals surface area contributed by atoms with Crippen LogP contribution in [0.5, 0.6) is 11.5 Å². The van der Waals surface area contributed by atoms with E-state index in [0.717, 1.165) is 35.5 Å². The molecule has 3 aromatic rings. The van der Waals surface area contributed by atoms with Crippen LogP contribution in [-0.2, 0) is 4.74 Å². The van der Waals surface area contributed by atoms with Crippen molar-refractivity contribution in [2.75, 3.05) is 13.2 Å². The Labute approximate surface area is 161 Å². The lowest BCUT2D eigenvalue weighted by molar-refractivity contribution is 0.162. The van der Waals surface area contributed by atoms with E-state index < -0.39 is 0 Å². The summed E-state index contributed by atoms with van der Waals surface area (Å²) in [7, 11) is 0. The molecule has 0 saturated heterocycles. The number of ether oxygens (including phenoxy) is 1. The Morgan fingerprint density at radius 2 is 0.926 bits per heavy atom. The molecule has 2 N–H and O–H groups in total. The predicted molar refractivity (Wildman–Crippen MR) is 112 cm³/mol. The molecular formula is C24H28O3. The van der Waals surface area contributed by atoms with Crippen molar-refractivity contribution in [2.24, 2.45) is 0 Å². The second-order valence-electron chi connectivity index (χ2n) is 6.37. The summed E-state index contributed by atoms with van der Waals surface area (Å²) >= 11 is 0.